The highest BCUT2D eigenvalue weighted by Crippen LogP contribution is 2.29. The number of unbranched alkanes of at least 4 members (excludes halogenated alkanes) is 2. The summed E-state index contributed by atoms with van der Waals surface area (Å²) >= 11 is 0. The molecule has 0 fully saturated rings. The average Bonchev–Trinajstić information content (AvgIpc) is 2.38. The predicted octanol–water partition coefficient (Wildman–Crippen LogP) is 2.90. The van der Waals surface area contributed by atoms with Crippen LogP contribution < -0.4 is 15.8 Å². The fourth-order valence-corrected chi connectivity index (χ4v) is 1.75. The minimum atomic E-state index is 0.630. The molecule has 0 aliphatic rings. The normalized spacial score (nSPS) is 10.3. The Morgan fingerprint density at radius 2 is 2.06 bits per heavy atom. The van der Waals surface area contributed by atoms with Crippen LogP contribution in [-0.2, 0) is 4.74 Å². The van der Waals surface area contributed by atoms with Crippen molar-refractivity contribution in [3.05, 3.63) is 18.2 Å². The van der Waals surface area contributed by atoms with Gasteiger partial charge in [-0.15, -0.1) is 0 Å². The summed E-state index contributed by atoms with van der Waals surface area (Å²) in [5.41, 5.74) is 7.67. The van der Waals surface area contributed by atoms with Crippen LogP contribution in [0.25, 0.3) is 0 Å². The third-order valence-electron chi connectivity index (χ3n) is 2.71. The van der Waals surface area contributed by atoms with E-state index in [0.717, 1.165) is 43.9 Å². The van der Waals surface area contributed by atoms with Crippen molar-refractivity contribution in [3.63, 3.8) is 0 Å². The average molecular weight is 252 g/mol. The van der Waals surface area contributed by atoms with E-state index in [1.807, 2.05) is 25.1 Å². The Labute approximate surface area is 109 Å². The fourth-order valence-electron chi connectivity index (χ4n) is 1.75. The van der Waals surface area contributed by atoms with E-state index >= 15 is 0 Å². The minimum Gasteiger partial charge on any atom is -0.492 e. The lowest BCUT2D eigenvalue weighted by Gasteiger charge is -2.13. The number of hydrogen-bond acceptors (Lipinski definition) is 4. The van der Waals surface area contributed by atoms with E-state index in [0.29, 0.717) is 12.3 Å². The van der Waals surface area contributed by atoms with Gasteiger partial charge in [-0.1, -0.05) is 6.07 Å². The summed E-state index contributed by atoms with van der Waals surface area (Å²) in [5, 5.41) is 3.34. The van der Waals surface area contributed by atoms with Crippen molar-refractivity contribution in [1.29, 1.82) is 0 Å². The molecule has 3 N–H and O–H groups in total. The fraction of sp³-hybridized carbons (Fsp3) is 0.571. The zero-order valence-electron chi connectivity index (χ0n) is 11.4. The molecular formula is C14H24N2O2. The van der Waals surface area contributed by atoms with Crippen molar-refractivity contribution >= 4 is 11.4 Å². The van der Waals surface area contributed by atoms with Crippen molar-refractivity contribution in [2.24, 2.45) is 0 Å². The predicted molar refractivity (Wildman–Crippen MR) is 76.2 cm³/mol. The van der Waals surface area contributed by atoms with Crippen LogP contribution in [0.5, 0.6) is 5.75 Å². The number of ether oxygens (including phenoxy) is 2. The molecule has 102 valence electrons. The molecule has 4 heteroatoms. The zero-order valence-corrected chi connectivity index (χ0v) is 11.4. The molecule has 0 atom stereocenters. The minimum absolute atomic E-state index is 0.630. The summed E-state index contributed by atoms with van der Waals surface area (Å²) in [4.78, 5) is 0. The second kappa shape index (κ2) is 8.64. The summed E-state index contributed by atoms with van der Waals surface area (Å²) in [6.07, 6.45) is 3.38. The van der Waals surface area contributed by atoms with Crippen LogP contribution in [0.4, 0.5) is 11.4 Å². The quantitative estimate of drug-likeness (QED) is 0.524. The highest BCUT2D eigenvalue weighted by atomic mass is 16.5. The maximum absolute atomic E-state index is 6.02. The molecule has 4 nitrogen and oxygen atoms in total. The van der Waals surface area contributed by atoms with Crippen molar-refractivity contribution < 1.29 is 9.47 Å². The van der Waals surface area contributed by atoms with E-state index in [2.05, 4.69) is 5.32 Å². The first kappa shape index (κ1) is 14.6. The van der Waals surface area contributed by atoms with E-state index < -0.39 is 0 Å². The first-order chi connectivity index (χ1) is 8.79. The number of nitrogens with two attached hydrogens (primary N) is 1. The second-order valence-corrected chi connectivity index (χ2v) is 4.13. The first-order valence-electron chi connectivity index (χ1n) is 6.53. The summed E-state index contributed by atoms with van der Waals surface area (Å²) in [6.45, 7) is 4.34. The number of rotatable bonds is 9. The number of nitrogens with one attached hydrogen (secondary N) is 1. The Balaban J connectivity index is 2.35. The molecule has 0 bridgehead atoms. The summed E-state index contributed by atoms with van der Waals surface area (Å²) in [6, 6.07) is 5.82. The van der Waals surface area contributed by atoms with Gasteiger partial charge in [-0.2, -0.15) is 0 Å². The molecule has 1 rings (SSSR count). The van der Waals surface area contributed by atoms with Crippen LogP contribution in [-0.4, -0.2) is 26.9 Å². The number of benzene rings is 1. The molecule has 0 aliphatic heterocycles. The smallest absolute Gasteiger partial charge is 0.144 e. The lowest BCUT2D eigenvalue weighted by atomic mass is 10.2. The third kappa shape index (κ3) is 4.84. The third-order valence-corrected chi connectivity index (χ3v) is 2.71. The maximum atomic E-state index is 6.02. The van der Waals surface area contributed by atoms with Gasteiger partial charge in [0.1, 0.15) is 5.75 Å². The molecule has 0 unspecified atom stereocenters. The van der Waals surface area contributed by atoms with Gasteiger partial charge in [0.25, 0.3) is 0 Å². The largest absolute Gasteiger partial charge is 0.492 e. The van der Waals surface area contributed by atoms with Gasteiger partial charge in [0, 0.05) is 20.3 Å². The number of anilines is 2. The van der Waals surface area contributed by atoms with E-state index in [1.165, 1.54) is 0 Å². The SMILES string of the molecule is CCOc1cccc(NCCCCCOC)c1N. The van der Waals surface area contributed by atoms with Gasteiger partial charge < -0.3 is 20.5 Å². The molecule has 0 aliphatic carbocycles. The summed E-state index contributed by atoms with van der Waals surface area (Å²) in [5.74, 6) is 0.752. The molecule has 18 heavy (non-hydrogen) atoms. The second-order valence-electron chi connectivity index (χ2n) is 4.13. The number of nitrogen functional groups attached to an aromatic ring is 1. The first-order valence-corrected chi connectivity index (χ1v) is 6.53. The van der Waals surface area contributed by atoms with E-state index in [-0.39, 0.29) is 0 Å². The van der Waals surface area contributed by atoms with Gasteiger partial charge in [0.15, 0.2) is 0 Å². The monoisotopic (exact) mass is 252 g/mol. The van der Waals surface area contributed by atoms with Crippen molar-refractivity contribution in [3.8, 4) is 5.75 Å². The Hall–Kier alpha value is -1.42. The number of para-hydroxylation sites is 1. The van der Waals surface area contributed by atoms with Gasteiger partial charge in [0.2, 0.25) is 0 Å². The lowest BCUT2D eigenvalue weighted by Crippen LogP contribution is -2.06. The molecule has 0 saturated heterocycles. The topological polar surface area (TPSA) is 56.5 Å². The Kier molecular flexibility index (Phi) is 7.03. The van der Waals surface area contributed by atoms with E-state index in [1.54, 1.807) is 7.11 Å². The molecular weight excluding hydrogens is 228 g/mol. The molecule has 0 heterocycles. The summed E-state index contributed by atoms with van der Waals surface area (Å²) < 4.78 is 10.5. The molecule has 0 amide bonds. The molecule has 1 aromatic carbocycles. The van der Waals surface area contributed by atoms with E-state index in [9.17, 15) is 0 Å². The maximum Gasteiger partial charge on any atom is 0.144 e. The number of methoxy groups -OCH3 is 1. The van der Waals surface area contributed by atoms with Gasteiger partial charge in [-0.3, -0.25) is 0 Å². The van der Waals surface area contributed by atoms with Crippen molar-refractivity contribution in [2.45, 2.75) is 26.2 Å². The van der Waals surface area contributed by atoms with Crippen LogP contribution in [0.3, 0.4) is 0 Å². The zero-order chi connectivity index (χ0) is 13.2. The summed E-state index contributed by atoms with van der Waals surface area (Å²) in [7, 11) is 1.73. The van der Waals surface area contributed by atoms with E-state index in [4.69, 9.17) is 15.2 Å². The van der Waals surface area contributed by atoms with Gasteiger partial charge in [-0.05, 0) is 38.3 Å². The van der Waals surface area contributed by atoms with Gasteiger partial charge in [0.05, 0.1) is 18.0 Å². The van der Waals surface area contributed by atoms with Gasteiger partial charge >= 0.3 is 0 Å². The lowest BCUT2D eigenvalue weighted by molar-refractivity contribution is 0.192. The van der Waals surface area contributed by atoms with Crippen molar-refractivity contribution in [2.75, 3.05) is 37.9 Å². The van der Waals surface area contributed by atoms with Crippen LogP contribution >= 0.6 is 0 Å². The molecule has 0 aromatic heterocycles. The standard InChI is InChI=1S/C14H24N2O2/c1-3-18-13-9-7-8-12(14(13)15)16-10-5-4-6-11-17-2/h7-9,16H,3-6,10-11,15H2,1-2H3. The number of hydrogen-bond donors (Lipinski definition) is 2. The van der Waals surface area contributed by atoms with Gasteiger partial charge in [-0.25, -0.2) is 0 Å². The highest BCUT2D eigenvalue weighted by Gasteiger charge is 2.04. The molecule has 1 aromatic rings. The Morgan fingerprint density at radius 3 is 2.78 bits per heavy atom. The van der Waals surface area contributed by atoms with Crippen LogP contribution in [0.1, 0.15) is 26.2 Å². The van der Waals surface area contributed by atoms with Crippen LogP contribution in [0.15, 0.2) is 18.2 Å². The van der Waals surface area contributed by atoms with Crippen LogP contribution in [0, 0.1) is 0 Å². The van der Waals surface area contributed by atoms with Crippen molar-refractivity contribution in [1.82, 2.24) is 0 Å². The Morgan fingerprint density at radius 1 is 1.22 bits per heavy atom. The molecule has 0 saturated carbocycles. The Bertz CT molecular complexity index is 343. The molecule has 0 radical (unpaired) electrons. The molecule has 0 spiro atoms. The van der Waals surface area contributed by atoms with Crippen LogP contribution in [0.2, 0.25) is 0 Å². The highest BCUT2D eigenvalue weighted by molar-refractivity contribution is 5.72.